The minimum atomic E-state index is -1.35. The summed E-state index contributed by atoms with van der Waals surface area (Å²) in [4.78, 5) is 0. The third-order valence-electron chi connectivity index (χ3n) is 4.68. The molecular formula is C21H46OSi. The highest BCUT2D eigenvalue weighted by Crippen LogP contribution is 2.21. The molecule has 1 nitrogen and oxygen atoms in total. The molecule has 0 heterocycles. The summed E-state index contributed by atoms with van der Waals surface area (Å²) in [7, 11) is -1.35. The van der Waals surface area contributed by atoms with Crippen molar-refractivity contribution in [2.24, 2.45) is 5.92 Å². The summed E-state index contributed by atoms with van der Waals surface area (Å²) in [5, 5.41) is 0. The Bertz CT molecular complexity index is 234. The van der Waals surface area contributed by atoms with E-state index < -0.39 is 8.32 Å². The molecule has 0 bridgehead atoms. The highest BCUT2D eigenvalue weighted by molar-refractivity contribution is 6.69. The molecular weight excluding hydrogens is 296 g/mol. The zero-order valence-corrected chi connectivity index (χ0v) is 18.1. The molecule has 0 N–H and O–H groups in total. The molecule has 0 aliphatic heterocycles. The molecule has 23 heavy (non-hydrogen) atoms. The lowest BCUT2D eigenvalue weighted by Gasteiger charge is -2.23. The summed E-state index contributed by atoms with van der Waals surface area (Å²) in [6.45, 7) is 12.6. The highest BCUT2D eigenvalue weighted by Gasteiger charge is 2.17. The Balaban J connectivity index is 3.77. The molecule has 1 unspecified atom stereocenters. The number of unbranched alkanes of at least 4 members (excludes halogenated alkanes) is 10. The van der Waals surface area contributed by atoms with E-state index >= 15 is 0 Å². The third-order valence-corrected chi connectivity index (χ3v) is 5.72. The van der Waals surface area contributed by atoms with Crippen LogP contribution in [-0.2, 0) is 4.43 Å². The van der Waals surface area contributed by atoms with Gasteiger partial charge in [0, 0.05) is 6.61 Å². The van der Waals surface area contributed by atoms with Gasteiger partial charge in [0.1, 0.15) is 0 Å². The molecule has 0 spiro atoms. The Morgan fingerprint density at radius 2 is 1.00 bits per heavy atom. The average Bonchev–Trinajstić information content (AvgIpc) is 2.50. The van der Waals surface area contributed by atoms with Gasteiger partial charge < -0.3 is 4.43 Å². The normalized spacial score (nSPS) is 13.4. The van der Waals surface area contributed by atoms with Gasteiger partial charge in [-0.25, -0.2) is 0 Å². The lowest BCUT2D eigenvalue weighted by Crippen LogP contribution is -2.28. The van der Waals surface area contributed by atoms with Gasteiger partial charge in [-0.3, -0.25) is 0 Å². The second-order valence-corrected chi connectivity index (χ2v) is 12.9. The van der Waals surface area contributed by atoms with E-state index in [1.54, 1.807) is 0 Å². The quantitative estimate of drug-likeness (QED) is 0.192. The van der Waals surface area contributed by atoms with E-state index in [0.717, 1.165) is 12.5 Å². The molecule has 0 aliphatic rings. The monoisotopic (exact) mass is 342 g/mol. The van der Waals surface area contributed by atoms with Crippen molar-refractivity contribution in [3.8, 4) is 0 Å². The van der Waals surface area contributed by atoms with Gasteiger partial charge in [-0.2, -0.15) is 0 Å². The van der Waals surface area contributed by atoms with E-state index in [1.165, 1.54) is 89.9 Å². The van der Waals surface area contributed by atoms with E-state index in [4.69, 9.17) is 4.43 Å². The maximum atomic E-state index is 6.21. The van der Waals surface area contributed by atoms with Crippen LogP contribution in [0.5, 0.6) is 0 Å². The zero-order chi connectivity index (χ0) is 17.4. The molecule has 0 aromatic rings. The van der Waals surface area contributed by atoms with Gasteiger partial charge in [0.2, 0.25) is 0 Å². The lowest BCUT2D eigenvalue weighted by molar-refractivity contribution is 0.218. The molecule has 0 saturated heterocycles. The van der Waals surface area contributed by atoms with Crippen LogP contribution in [-0.4, -0.2) is 14.9 Å². The van der Waals surface area contributed by atoms with E-state index in [9.17, 15) is 0 Å². The first kappa shape index (κ1) is 23.2. The fraction of sp³-hybridized carbons (Fsp3) is 1.00. The van der Waals surface area contributed by atoms with E-state index in [2.05, 4.69) is 33.5 Å². The molecule has 2 heteroatoms. The smallest absolute Gasteiger partial charge is 0.183 e. The SMILES string of the molecule is CCCCCCCCCCC(CCCCCC)CO[Si](C)(C)C. The van der Waals surface area contributed by atoms with Crippen LogP contribution in [0.2, 0.25) is 19.6 Å². The molecule has 0 saturated carbocycles. The maximum absolute atomic E-state index is 6.21. The topological polar surface area (TPSA) is 9.23 Å². The summed E-state index contributed by atoms with van der Waals surface area (Å²) in [5.41, 5.74) is 0. The van der Waals surface area contributed by atoms with Gasteiger partial charge in [-0.1, -0.05) is 90.9 Å². The van der Waals surface area contributed by atoms with Crippen LogP contribution < -0.4 is 0 Å². The Labute approximate surface area is 149 Å². The van der Waals surface area contributed by atoms with Crippen molar-refractivity contribution in [3.63, 3.8) is 0 Å². The predicted molar refractivity (Wildman–Crippen MR) is 109 cm³/mol. The summed E-state index contributed by atoms with van der Waals surface area (Å²) in [5.74, 6) is 0.818. The minimum absolute atomic E-state index is 0.818. The molecule has 0 rings (SSSR count). The van der Waals surface area contributed by atoms with Gasteiger partial charge >= 0.3 is 0 Å². The Morgan fingerprint density at radius 1 is 0.609 bits per heavy atom. The van der Waals surface area contributed by atoms with Gasteiger partial charge in [0.05, 0.1) is 0 Å². The maximum Gasteiger partial charge on any atom is 0.183 e. The zero-order valence-electron chi connectivity index (χ0n) is 17.1. The van der Waals surface area contributed by atoms with Crippen LogP contribution >= 0.6 is 0 Å². The van der Waals surface area contributed by atoms with Gasteiger partial charge in [-0.05, 0) is 38.4 Å². The standard InChI is InChI=1S/C21H46OSi/c1-6-8-10-12-13-14-15-17-19-21(18-16-11-9-7-2)20-22-23(3,4)5/h21H,6-20H2,1-5H3. The fourth-order valence-corrected chi connectivity index (χ4v) is 3.84. The van der Waals surface area contributed by atoms with Crippen LogP contribution in [0, 0.1) is 5.92 Å². The summed E-state index contributed by atoms with van der Waals surface area (Å²) >= 11 is 0. The van der Waals surface area contributed by atoms with Crippen LogP contribution in [0.3, 0.4) is 0 Å². The number of hydrogen-bond acceptors (Lipinski definition) is 1. The number of rotatable bonds is 17. The van der Waals surface area contributed by atoms with Crippen molar-refractivity contribution >= 4 is 8.32 Å². The fourth-order valence-electron chi connectivity index (χ4n) is 3.11. The van der Waals surface area contributed by atoms with E-state index in [1.807, 2.05) is 0 Å². The molecule has 0 aromatic heterocycles. The van der Waals surface area contributed by atoms with Gasteiger partial charge in [-0.15, -0.1) is 0 Å². The first-order chi connectivity index (χ1) is 11.0. The van der Waals surface area contributed by atoms with Crippen molar-refractivity contribution < 1.29 is 4.43 Å². The Kier molecular flexibility index (Phi) is 15.8. The van der Waals surface area contributed by atoms with E-state index in [-0.39, 0.29) is 0 Å². The third kappa shape index (κ3) is 18.4. The van der Waals surface area contributed by atoms with Crippen molar-refractivity contribution in [3.05, 3.63) is 0 Å². The average molecular weight is 343 g/mol. The lowest BCUT2D eigenvalue weighted by atomic mass is 9.95. The molecule has 140 valence electrons. The first-order valence-electron chi connectivity index (χ1n) is 10.6. The first-order valence-corrected chi connectivity index (χ1v) is 14.0. The predicted octanol–water partition coefficient (Wildman–Crippen LogP) is 7.96. The van der Waals surface area contributed by atoms with Gasteiger partial charge in [0.15, 0.2) is 8.32 Å². The van der Waals surface area contributed by atoms with E-state index in [0.29, 0.717) is 0 Å². The van der Waals surface area contributed by atoms with Crippen molar-refractivity contribution in [2.45, 2.75) is 123 Å². The summed E-state index contributed by atoms with van der Waals surface area (Å²) < 4.78 is 6.21. The van der Waals surface area contributed by atoms with Crippen molar-refractivity contribution in [1.29, 1.82) is 0 Å². The largest absolute Gasteiger partial charge is 0.417 e. The minimum Gasteiger partial charge on any atom is -0.417 e. The summed E-state index contributed by atoms with van der Waals surface area (Å²) in [6, 6.07) is 0. The van der Waals surface area contributed by atoms with Crippen LogP contribution in [0.1, 0.15) is 104 Å². The van der Waals surface area contributed by atoms with Crippen LogP contribution in [0.15, 0.2) is 0 Å². The second-order valence-electron chi connectivity index (χ2n) is 8.40. The number of hydrogen-bond donors (Lipinski definition) is 0. The molecule has 1 atom stereocenters. The highest BCUT2D eigenvalue weighted by atomic mass is 28.4. The Morgan fingerprint density at radius 3 is 1.43 bits per heavy atom. The molecule has 0 radical (unpaired) electrons. The molecule has 0 fully saturated rings. The van der Waals surface area contributed by atoms with Crippen LogP contribution in [0.4, 0.5) is 0 Å². The molecule has 0 amide bonds. The molecule has 0 aliphatic carbocycles. The molecule has 0 aromatic carbocycles. The van der Waals surface area contributed by atoms with Gasteiger partial charge in [0.25, 0.3) is 0 Å². The summed E-state index contributed by atoms with van der Waals surface area (Å²) in [6.07, 6.45) is 19.8. The second kappa shape index (κ2) is 15.7. The Hall–Kier alpha value is 0.177. The van der Waals surface area contributed by atoms with Crippen LogP contribution in [0.25, 0.3) is 0 Å². The van der Waals surface area contributed by atoms with Crippen molar-refractivity contribution in [2.75, 3.05) is 6.61 Å². The van der Waals surface area contributed by atoms with Crippen molar-refractivity contribution in [1.82, 2.24) is 0 Å².